The number of hydrogen-bond donors (Lipinski definition) is 0. The Labute approximate surface area is 190 Å². The van der Waals surface area contributed by atoms with Gasteiger partial charge in [-0.05, 0) is 107 Å². The molecule has 3 saturated carbocycles. The van der Waals surface area contributed by atoms with Crippen LogP contribution in [0.3, 0.4) is 0 Å². The minimum atomic E-state index is -0.124. The fourth-order valence-electron chi connectivity index (χ4n) is 8.20. The molecule has 0 aromatic heterocycles. The Bertz CT molecular complexity index is 811. The first-order chi connectivity index (χ1) is 14.6. The number of rotatable bonds is 4. The molecule has 4 aliphatic carbocycles. The van der Waals surface area contributed by atoms with E-state index in [4.69, 9.17) is 4.74 Å². The number of ether oxygens (including phenoxy) is 1. The van der Waals surface area contributed by atoms with Crippen molar-refractivity contribution in [1.29, 1.82) is 0 Å². The Balaban J connectivity index is 1.54. The minimum absolute atomic E-state index is 0.103. The van der Waals surface area contributed by atoms with Crippen LogP contribution in [0.15, 0.2) is 34.4 Å². The summed E-state index contributed by atoms with van der Waals surface area (Å²) < 4.78 is 5.60. The molecule has 0 spiro atoms. The van der Waals surface area contributed by atoms with Gasteiger partial charge in [-0.1, -0.05) is 48.3 Å². The molecular formula is C29H44O2. The van der Waals surface area contributed by atoms with Crippen LogP contribution in [0.4, 0.5) is 0 Å². The molecule has 2 heteroatoms. The maximum absolute atomic E-state index is 11.5. The van der Waals surface area contributed by atoms with Crippen LogP contribution in [0.5, 0.6) is 0 Å². The van der Waals surface area contributed by atoms with E-state index in [0.29, 0.717) is 10.8 Å². The van der Waals surface area contributed by atoms with Gasteiger partial charge >= 0.3 is 5.97 Å². The Morgan fingerprint density at radius 3 is 2.48 bits per heavy atom. The Morgan fingerprint density at radius 2 is 1.77 bits per heavy atom. The third-order valence-corrected chi connectivity index (χ3v) is 9.76. The van der Waals surface area contributed by atoms with Crippen molar-refractivity contribution in [3.63, 3.8) is 0 Å². The predicted molar refractivity (Wildman–Crippen MR) is 129 cm³/mol. The lowest BCUT2D eigenvalue weighted by Gasteiger charge is -2.57. The van der Waals surface area contributed by atoms with Gasteiger partial charge in [0.1, 0.15) is 6.10 Å². The van der Waals surface area contributed by atoms with Crippen LogP contribution in [0.25, 0.3) is 0 Å². The lowest BCUT2D eigenvalue weighted by molar-refractivity contribution is -0.148. The largest absolute Gasteiger partial charge is 0.462 e. The van der Waals surface area contributed by atoms with Crippen molar-refractivity contribution in [1.82, 2.24) is 0 Å². The summed E-state index contributed by atoms with van der Waals surface area (Å²) in [4.78, 5) is 11.5. The van der Waals surface area contributed by atoms with Crippen LogP contribution in [0.2, 0.25) is 0 Å². The summed E-state index contributed by atoms with van der Waals surface area (Å²) in [6.07, 6.45) is 17.4. The summed E-state index contributed by atoms with van der Waals surface area (Å²) in [5, 5.41) is 0. The van der Waals surface area contributed by atoms with E-state index in [1.165, 1.54) is 56.9 Å². The summed E-state index contributed by atoms with van der Waals surface area (Å²) in [5.41, 5.74) is 7.29. The van der Waals surface area contributed by atoms with E-state index < -0.39 is 0 Å². The maximum atomic E-state index is 11.5. The molecule has 0 saturated heterocycles. The van der Waals surface area contributed by atoms with E-state index in [9.17, 15) is 4.79 Å². The van der Waals surface area contributed by atoms with Gasteiger partial charge in [-0.2, -0.15) is 0 Å². The van der Waals surface area contributed by atoms with Crippen LogP contribution >= 0.6 is 0 Å². The normalized spacial score (nSPS) is 40.8. The SMILES string of the molecule is CC(=O)O[C@H]1CC[C@@]2(C)C(=CC[C@@H]3[C@@H]2CC[C@]2(C)/C(=C(\C)CCC=C(C)C)CC[C@@H]32)C1. The first kappa shape index (κ1) is 22.9. The molecule has 4 aliphatic rings. The molecule has 0 aromatic rings. The van der Waals surface area contributed by atoms with Gasteiger partial charge in [0.2, 0.25) is 0 Å². The van der Waals surface area contributed by atoms with Gasteiger partial charge < -0.3 is 4.74 Å². The molecule has 0 amide bonds. The molecule has 0 unspecified atom stereocenters. The molecule has 0 radical (unpaired) electrons. The van der Waals surface area contributed by atoms with Crippen molar-refractivity contribution < 1.29 is 9.53 Å². The molecule has 31 heavy (non-hydrogen) atoms. The summed E-state index contributed by atoms with van der Waals surface area (Å²) in [5.74, 6) is 2.37. The number of fused-ring (bicyclic) bond motifs is 5. The van der Waals surface area contributed by atoms with Gasteiger partial charge in [0.25, 0.3) is 0 Å². The van der Waals surface area contributed by atoms with Crippen molar-refractivity contribution in [2.24, 2.45) is 28.6 Å². The first-order valence-corrected chi connectivity index (χ1v) is 12.8. The van der Waals surface area contributed by atoms with E-state index in [0.717, 1.165) is 30.6 Å². The average molecular weight is 425 g/mol. The van der Waals surface area contributed by atoms with Crippen LogP contribution < -0.4 is 0 Å². The van der Waals surface area contributed by atoms with Gasteiger partial charge in [-0.15, -0.1) is 0 Å². The molecule has 0 aromatic carbocycles. The second-order valence-corrected chi connectivity index (χ2v) is 11.8. The van der Waals surface area contributed by atoms with Gasteiger partial charge in [0.05, 0.1) is 0 Å². The highest BCUT2D eigenvalue weighted by molar-refractivity contribution is 5.66. The zero-order valence-corrected chi connectivity index (χ0v) is 20.9. The molecular weight excluding hydrogens is 380 g/mol. The van der Waals surface area contributed by atoms with E-state index in [1.54, 1.807) is 18.1 Å². The van der Waals surface area contributed by atoms with Crippen molar-refractivity contribution in [3.05, 3.63) is 34.4 Å². The van der Waals surface area contributed by atoms with E-state index >= 15 is 0 Å². The molecule has 0 aliphatic heterocycles. The molecule has 0 heterocycles. The van der Waals surface area contributed by atoms with Crippen LogP contribution in [-0.4, -0.2) is 12.1 Å². The molecule has 0 bridgehead atoms. The summed E-state index contributed by atoms with van der Waals surface area (Å²) >= 11 is 0. The number of carbonyl (C=O) groups excluding carboxylic acids is 1. The zero-order chi connectivity index (χ0) is 22.4. The van der Waals surface area contributed by atoms with Gasteiger partial charge in [-0.3, -0.25) is 4.79 Å². The second kappa shape index (κ2) is 8.56. The molecule has 4 rings (SSSR count). The van der Waals surface area contributed by atoms with Gasteiger partial charge in [-0.25, -0.2) is 0 Å². The van der Waals surface area contributed by atoms with E-state index in [-0.39, 0.29) is 12.1 Å². The number of esters is 1. The third-order valence-electron chi connectivity index (χ3n) is 9.76. The highest BCUT2D eigenvalue weighted by Gasteiger charge is 2.57. The topological polar surface area (TPSA) is 26.3 Å². The first-order valence-electron chi connectivity index (χ1n) is 12.8. The fraction of sp³-hybridized carbons (Fsp3) is 0.759. The minimum Gasteiger partial charge on any atom is -0.462 e. The molecule has 6 atom stereocenters. The van der Waals surface area contributed by atoms with Crippen molar-refractivity contribution >= 4 is 5.97 Å². The lowest BCUT2D eigenvalue weighted by Crippen LogP contribution is -2.49. The summed E-state index contributed by atoms with van der Waals surface area (Å²) in [7, 11) is 0. The van der Waals surface area contributed by atoms with Gasteiger partial charge in [0, 0.05) is 13.3 Å². The quantitative estimate of drug-likeness (QED) is 0.338. The van der Waals surface area contributed by atoms with E-state index in [2.05, 4.69) is 46.8 Å². The molecule has 172 valence electrons. The molecule has 0 N–H and O–H groups in total. The predicted octanol–water partition coefficient (Wildman–Crippen LogP) is 7.94. The highest BCUT2D eigenvalue weighted by atomic mass is 16.5. The smallest absolute Gasteiger partial charge is 0.302 e. The zero-order valence-electron chi connectivity index (χ0n) is 20.9. The van der Waals surface area contributed by atoms with Crippen LogP contribution in [0, 0.1) is 28.6 Å². The highest BCUT2D eigenvalue weighted by Crippen LogP contribution is 2.66. The molecule has 3 fully saturated rings. The lowest BCUT2D eigenvalue weighted by atomic mass is 9.47. The number of allylic oxidation sites excluding steroid dienone is 5. The Morgan fingerprint density at radius 1 is 1.06 bits per heavy atom. The Hall–Kier alpha value is -1.31. The number of carbonyl (C=O) groups is 1. The maximum Gasteiger partial charge on any atom is 0.302 e. The van der Waals surface area contributed by atoms with Gasteiger partial charge in [0.15, 0.2) is 0 Å². The van der Waals surface area contributed by atoms with Crippen molar-refractivity contribution in [2.45, 2.75) is 112 Å². The van der Waals surface area contributed by atoms with Crippen LogP contribution in [0.1, 0.15) is 106 Å². The third kappa shape index (κ3) is 4.09. The van der Waals surface area contributed by atoms with E-state index in [1.807, 2.05) is 5.57 Å². The van der Waals surface area contributed by atoms with Crippen molar-refractivity contribution in [3.8, 4) is 0 Å². The standard InChI is InChI=1S/C29H44O2/c1-19(2)8-7-9-20(3)25-12-13-26-24-11-10-22-18-23(31-21(4)30)14-16-28(22,5)27(24)15-17-29(25,26)6/h8,10,23-24,26-27H,7,9,11-18H2,1-6H3/b25-20+/t23-,24-,26-,27-,28-,29+/m0/s1. The Kier molecular flexibility index (Phi) is 6.32. The number of hydrogen-bond acceptors (Lipinski definition) is 2. The van der Waals surface area contributed by atoms with Crippen molar-refractivity contribution in [2.75, 3.05) is 0 Å². The average Bonchev–Trinajstić information content (AvgIpc) is 3.05. The second-order valence-electron chi connectivity index (χ2n) is 11.8. The molecule has 2 nitrogen and oxygen atoms in total. The monoisotopic (exact) mass is 424 g/mol. The summed E-state index contributed by atoms with van der Waals surface area (Å²) in [6.45, 7) is 13.5. The fourth-order valence-corrected chi connectivity index (χ4v) is 8.20. The van der Waals surface area contributed by atoms with Crippen LogP contribution in [-0.2, 0) is 9.53 Å². The summed E-state index contributed by atoms with van der Waals surface area (Å²) in [6, 6.07) is 0.